The first-order valence-corrected chi connectivity index (χ1v) is 12.0. The number of carbonyl (C=O) groups is 2. The summed E-state index contributed by atoms with van der Waals surface area (Å²) in [6, 6.07) is 12.6. The van der Waals surface area contributed by atoms with Crippen LogP contribution in [-0.2, 0) is 21.5 Å². The molecule has 0 heterocycles. The van der Waals surface area contributed by atoms with Crippen molar-refractivity contribution >= 4 is 39.3 Å². The first-order valence-electron chi connectivity index (χ1n) is 10.8. The van der Waals surface area contributed by atoms with E-state index in [0.717, 1.165) is 15.6 Å². The number of halogens is 2. The zero-order valence-electron chi connectivity index (χ0n) is 19.4. The topological polar surface area (TPSA) is 58.6 Å². The van der Waals surface area contributed by atoms with Gasteiger partial charge < -0.3 is 15.0 Å². The van der Waals surface area contributed by atoms with E-state index in [1.807, 2.05) is 50.2 Å². The van der Waals surface area contributed by atoms with Crippen LogP contribution in [-0.4, -0.2) is 35.9 Å². The fourth-order valence-corrected chi connectivity index (χ4v) is 4.02. The van der Waals surface area contributed by atoms with E-state index in [2.05, 4.69) is 42.0 Å². The summed E-state index contributed by atoms with van der Waals surface area (Å²) in [5, 5.41) is 3.37. The minimum atomic E-state index is -0.617. The van der Waals surface area contributed by atoms with Gasteiger partial charge in [0.15, 0.2) is 6.61 Å². The van der Waals surface area contributed by atoms with Crippen molar-refractivity contribution in [2.75, 3.05) is 13.2 Å². The summed E-state index contributed by atoms with van der Waals surface area (Å²) >= 11 is 9.88. The molecular weight excluding hydrogens is 492 g/mol. The molecule has 0 fully saturated rings. The van der Waals surface area contributed by atoms with Crippen LogP contribution in [0.25, 0.3) is 0 Å². The van der Waals surface area contributed by atoms with E-state index >= 15 is 0 Å². The Morgan fingerprint density at radius 1 is 1.16 bits per heavy atom. The highest BCUT2D eigenvalue weighted by Gasteiger charge is 2.29. The third kappa shape index (κ3) is 6.97. The Kier molecular flexibility index (Phi) is 9.59. The maximum atomic E-state index is 13.2. The number of nitrogens with one attached hydrogen (secondary N) is 1. The van der Waals surface area contributed by atoms with Crippen molar-refractivity contribution in [1.29, 1.82) is 0 Å². The van der Waals surface area contributed by atoms with Gasteiger partial charge >= 0.3 is 0 Å². The van der Waals surface area contributed by atoms with Crippen molar-refractivity contribution in [3.8, 4) is 5.75 Å². The number of carbonyl (C=O) groups excluding carboxylic acids is 2. The Hall–Kier alpha value is -2.05. The lowest BCUT2D eigenvalue weighted by atomic mass is 9.87. The predicted octanol–water partition coefficient (Wildman–Crippen LogP) is 5.72. The average molecular weight is 524 g/mol. The lowest BCUT2D eigenvalue weighted by molar-refractivity contribution is -0.142. The molecule has 0 unspecified atom stereocenters. The average Bonchev–Trinajstić information content (AvgIpc) is 2.73. The Bertz CT molecular complexity index is 943. The fraction of sp³-hybridized carbons (Fsp3) is 0.440. The Morgan fingerprint density at radius 3 is 2.41 bits per heavy atom. The normalized spacial score (nSPS) is 12.2. The molecule has 0 aliphatic carbocycles. The van der Waals surface area contributed by atoms with E-state index in [1.54, 1.807) is 11.0 Å². The smallest absolute Gasteiger partial charge is 0.261 e. The number of hydrogen-bond acceptors (Lipinski definition) is 3. The van der Waals surface area contributed by atoms with E-state index in [1.165, 1.54) is 0 Å². The van der Waals surface area contributed by atoms with Gasteiger partial charge in [0.1, 0.15) is 11.8 Å². The lowest BCUT2D eigenvalue weighted by Gasteiger charge is -2.30. The van der Waals surface area contributed by atoms with Gasteiger partial charge in [0.2, 0.25) is 5.91 Å². The molecule has 0 aliphatic rings. The number of benzene rings is 2. The number of amides is 2. The lowest BCUT2D eigenvalue weighted by Crippen LogP contribution is -2.50. The van der Waals surface area contributed by atoms with Crippen LogP contribution in [0.1, 0.15) is 52.2 Å². The van der Waals surface area contributed by atoms with Crippen LogP contribution in [0, 0.1) is 0 Å². The molecular formula is C25H32BrClN2O3. The molecule has 0 saturated carbocycles. The third-order valence-corrected chi connectivity index (χ3v) is 6.17. The molecule has 7 heteroatoms. The zero-order valence-corrected chi connectivity index (χ0v) is 21.7. The summed E-state index contributed by atoms with van der Waals surface area (Å²) < 4.78 is 6.63. The zero-order chi connectivity index (χ0) is 23.9. The molecule has 1 N–H and O–H groups in total. The molecule has 2 aromatic rings. The van der Waals surface area contributed by atoms with E-state index in [9.17, 15) is 9.59 Å². The van der Waals surface area contributed by atoms with Gasteiger partial charge in [0.25, 0.3) is 5.91 Å². The number of ether oxygens (including phenoxy) is 1. The number of hydrogen-bond donors (Lipinski definition) is 1. The second-order valence-electron chi connectivity index (χ2n) is 8.62. The highest BCUT2D eigenvalue weighted by Crippen LogP contribution is 2.31. The quantitative estimate of drug-likeness (QED) is 0.457. The van der Waals surface area contributed by atoms with Gasteiger partial charge in [-0.2, -0.15) is 0 Å². The second kappa shape index (κ2) is 11.7. The maximum absolute atomic E-state index is 13.2. The van der Waals surface area contributed by atoms with Gasteiger partial charge in [0.05, 0.1) is 4.47 Å². The molecule has 1 atom stereocenters. The molecule has 174 valence electrons. The largest absolute Gasteiger partial charge is 0.483 e. The predicted molar refractivity (Wildman–Crippen MR) is 133 cm³/mol. The van der Waals surface area contributed by atoms with Crippen LogP contribution >= 0.6 is 27.5 Å². The van der Waals surface area contributed by atoms with E-state index in [-0.39, 0.29) is 30.4 Å². The molecule has 0 aliphatic heterocycles. The first kappa shape index (κ1) is 26.2. The molecule has 2 amide bonds. The molecule has 0 spiro atoms. The standard InChI is InChI=1S/C25H32BrClN2O3/c1-6-21(24(31)28-7-2)29(15-17-10-8-9-11-20(17)27)23(30)16-32-22-13-12-18(14-19(22)26)25(3,4)5/h8-14,21H,6-7,15-16H2,1-5H3,(H,28,31)/t21-/m0/s1. The summed E-state index contributed by atoms with van der Waals surface area (Å²) in [5.74, 6) is 0.107. The summed E-state index contributed by atoms with van der Waals surface area (Å²) in [4.78, 5) is 27.5. The highest BCUT2D eigenvalue weighted by molar-refractivity contribution is 9.10. The Balaban J connectivity index is 2.24. The van der Waals surface area contributed by atoms with Gasteiger partial charge in [-0.3, -0.25) is 9.59 Å². The summed E-state index contributed by atoms with van der Waals surface area (Å²) in [6.07, 6.45) is 0.478. The minimum absolute atomic E-state index is 0.00358. The monoisotopic (exact) mass is 522 g/mol. The first-order chi connectivity index (χ1) is 15.1. The molecule has 0 aromatic heterocycles. The van der Waals surface area contributed by atoms with E-state index in [0.29, 0.717) is 23.7 Å². The van der Waals surface area contributed by atoms with Crippen LogP contribution in [0.4, 0.5) is 0 Å². The van der Waals surface area contributed by atoms with Gasteiger partial charge in [-0.15, -0.1) is 0 Å². The SMILES string of the molecule is CCNC(=O)[C@H](CC)N(Cc1ccccc1Cl)C(=O)COc1ccc(C(C)(C)C)cc1Br. The van der Waals surface area contributed by atoms with E-state index in [4.69, 9.17) is 16.3 Å². The van der Waals surface area contributed by atoms with Crippen molar-refractivity contribution in [1.82, 2.24) is 10.2 Å². The summed E-state index contributed by atoms with van der Waals surface area (Å²) in [6.45, 7) is 10.7. The van der Waals surface area contributed by atoms with Gasteiger partial charge in [0, 0.05) is 18.1 Å². The summed E-state index contributed by atoms with van der Waals surface area (Å²) in [7, 11) is 0. The van der Waals surface area contributed by atoms with Crippen molar-refractivity contribution in [2.45, 2.75) is 59.0 Å². The number of rotatable bonds is 9. The molecule has 32 heavy (non-hydrogen) atoms. The molecule has 5 nitrogen and oxygen atoms in total. The van der Waals surface area contributed by atoms with Crippen LogP contribution < -0.4 is 10.1 Å². The number of likely N-dealkylation sites (N-methyl/N-ethyl adjacent to an activating group) is 1. The molecule has 2 aromatic carbocycles. The molecule has 0 radical (unpaired) electrons. The Morgan fingerprint density at radius 2 is 1.84 bits per heavy atom. The van der Waals surface area contributed by atoms with Crippen LogP contribution in [0.3, 0.4) is 0 Å². The van der Waals surface area contributed by atoms with Gasteiger partial charge in [-0.05, 0) is 64.0 Å². The van der Waals surface area contributed by atoms with Crippen molar-refractivity contribution in [2.24, 2.45) is 0 Å². The van der Waals surface area contributed by atoms with Crippen LogP contribution in [0.2, 0.25) is 5.02 Å². The van der Waals surface area contributed by atoms with Crippen molar-refractivity contribution in [3.05, 3.63) is 63.1 Å². The van der Waals surface area contributed by atoms with Crippen LogP contribution in [0.15, 0.2) is 46.9 Å². The molecule has 0 bridgehead atoms. The summed E-state index contributed by atoms with van der Waals surface area (Å²) in [5.41, 5.74) is 1.94. The third-order valence-electron chi connectivity index (χ3n) is 5.18. The number of nitrogens with zero attached hydrogens (tertiary/aromatic N) is 1. The fourth-order valence-electron chi connectivity index (χ4n) is 3.33. The van der Waals surface area contributed by atoms with Crippen LogP contribution in [0.5, 0.6) is 5.75 Å². The van der Waals surface area contributed by atoms with E-state index < -0.39 is 6.04 Å². The highest BCUT2D eigenvalue weighted by atomic mass is 79.9. The Labute approximate surface area is 204 Å². The maximum Gasteiger partial charge on any atom is 0.261 e. The second-order valence-corrected chi connectivity index (χ2v) is 9.88. The minimum Gasteiger partial charge on any atom is -0.483 e. The molecule has 2 rings (SSSR count). The van der Waals surface area contributed by atoms with Gasteiger partial charge in [-0.25, -0.2) is 0 Å². The molecule has 0 saturated heterocycles. The van der Waals surface area contributed by atoms with Gasteiger partial charge in [-0.1, -0.05) is 63.6 Å². The van der Waals surface area contributed by atoms with Crippen molar-refractivity contribution in [3.63, 3.8) is 0 Å². The van der Waals surface area contributed by atoms with Crippen molar-refractivity contribution < 1.29 is 14.3 Å².